The van der Waals surface area contributed by atoms with Crippen LogP contribution < -0.4 is 15.5 Å². The molecule has 0 aromatic heterocycles. The molecular formula is C15H23N3O. The Hall–Kier alpha value is -1.55. The van der Waals surface area contributed by atoms with Crippen molar-refractivity contribution >= 4 is 11.6 Å². The molecule has 1 aliphatic carbocycles. The standard InChI is InChI=1S/C15H23N3O/c1-18(14-6-3-2-4-7-14)11-5-10-16-12-15(19)17-13-8-9-13/h2-4,6-7,13,16H,5,8-12H2,1H3,(H,17,19). The van der Waals surface area contributed by atoms with Gasteiger partial charge >= 0.3 is 0 Å². The van der Waals surface area contributed by atoms with Crippen LogP contribution in [0.2, 0.25) is 0 Å². The topological polar surface area (TPSA) is 44.4 Å². The number of carbonyl (C=O) groups excluding carboxylic acids is 1. The Bertz CT molecular complexity index is 390. The fourth-order valence-electron chi connectivity index (χ4n) is 1.96. The maximum absolute atomic E-state index is 11.4. The van der Waals surface area contributed by atoms with Gasteiger partial charge in [-0.2, -0.15) is 0 Å². The monoisotopic (exact) mass is 261 g/mol. The van der Waals surface area contributed by atoms with E-state index >= 15 is 0 Å². The first-order chi connectivity index (χ1) is 9.25. The van der Waals surface area contributed by atoms with Crippen LogP contribution in [0.15, 0.2) is 30.3 Å². The lowest BCUT2D eigenvalue weighted by Gasteiger charge is -2.19. The largest absolute Gasteiger partial charge is 0.375 e. The predicted octanol–water partition coefficient (Wildman–Crippen LogP) is 1.38. The summed E-state index contributed by atoms with van der Waals surface area (Å²) in [6.07, 6.45) is 3.32. The number of anilines is 1. The first kappa shape index (κ1) is 13.9. The zero-order chi connectivity index (χ0) is 13.5. The second kappa shape index (κ2) is 7.14. The second-order valence-electron chi connectivity index (χ2n) is 5.13. The average molecular weight is 261 g/mol. The van der Waals surface area contributed by atoms with Crippen LogP contribution in [0.4, 0.5) is 5.69 Å². The number of benzene rings is 1. The van der Waals surface area contributed by atoms with Crippen molar-refractivity contribution in [2.45, 2.75) is 25.3 Å². The molecule has 4 nitrogen and oxygen atoms in total. The minimum Gasteiger partial charge on any atom is -0.375 e. The summed E-state index contributed by atoms with van der Waals surface area (Å²) in [5.74, 6) is 0.124. The quantitative estimate of drug-likeness (QED) is 0.695. The lowest BCUT2D eigenvalue weighted by atomic mass is 10.3. The van der Waals surface area contributed by atoms with E-state index in [-0.39, 0.29) is 5.91 Å². The van der Waals surface area contributed by atoms with Crippen LogP contribution in [0.3, 0.4) is 0 Å². The number of carbonyl (C=O) groups is 1. The molecule has 0 radical (unpaired) electrons. The van der Waals surface area contributed by atoms with Crippen molar-refractivity contribution in [1.29, 1.82) is 0 Å². The average Bonchev–Trinajstić information content (AvgIpc) is 3.23. The van der Waals surface area contributed by atoms with Gasteiger partial charge in [-0.3, -0.25) is 4.79 Å². The Balaban J connectivity index is 1.52. The Morgan fingerprint density at radius 1 is 1.32 bits per heavy atom. The van der Waals surface area contributed by atoms with Crippen molar-refractivity contribution in [3.63, 3.8) is 0 Å². The maximum atomic E-state index is 11.4. The highest BCUT2D eigenvalue weighted by Gasteiger charge is 2.22. The molecule has 0 unspecified atom stereocenters. The molecule has 0 saturated heterocycles. The van der Waals surface area contributed by atoms with E-state index in [9.17, 15) is 4.79 Å². The highest BCUT2D eigenvalue weighted by Crippen LogP contribution is 2.18. The van der Waals surface area contributed by atoms with Crippen molar-refractivity contribution in [1.82, 2.24) is 10.6 Å². The summed E-state index contributed by atoms with van der Waals surface area (Å²) >= 11 is 0. The zero-order valence-electron chi connectivity index (χ0n) is 11.6. The predicted molar refractivity (Wildman–Crippen MR) is 78.4 cm³/mol. The number of rotatable bonds is 8. The molecular weight excluding hydrogens is 238 g/mol. The molecule has 1 amide bonds. The fraction of sp³-hybridized carbons (Fsp3) is 0.533. The molecule has 1 fully saturated rings. The normalized spacial score (nSPS) is 14.2. The highest BCUT2D eigenvalue weighted by molar-refractivity contribution is 5.78. The lowest BCUT2D eigenvalue weighted by molar-refractivity contribution is -0.120. The number of para-hydroxylation sites is 1. The number of hydrogen-bond acceptors (Lipinski definition) is 3. The van der Waals surface area contributed by atoms with Gasteiger partial charge in [0.25, 0.3) is 0 Å². The van der Waals surface area contributed by atoms with E-state index < -0.39 is 0 Å². The Kier molecular flexibility index (Phi) is 5.21. The molecule has 1 aliphatic rings. The molecule has 0 heterocycles. The number of nitrogens with one attached hydrogen (secondary N) is 2. The van der Waals surface area contributed by atoms with Gasteiger partial charge in [0, 0.05) is 25.3 Å². The van der Waals surface area contributed by atoms with Gasteiger partial charge in [0.1, 0.15) is 0 Å². The van der Waals surface area contributed by atoms with Gasteiger partial charge in [-0.05, 0) is 37.9 Å². The van der Waals surface area contributed by atoms with E-state index in [2.05, 4.69) is 34.7 Å². The Morgan fingerprint density at radius 2 is 2.05 bits per heavy atom. The van der Waals surface area contributed by atoms with Gasteiger partial charge in [-0.25, -0.2) is 0 Å². The van der Waals surface area contributed by atoms with Crippen molar-refractivity contribution < 1.29 is 4.79 Å². The fourth-order valence-corrected chi connectivity index (χ4v) is 1.96. The van der Waals surface area contributed by atoms with Crippen LogP contribution in [-0.2, 0) is 4.79 Å². The van der Waals surface area contributed by atoms with E-state index in [0.717, 1.165) is 32.4 Å². The molecule has 19 heavy (non-hydrogen) atoms. The van der Waals surface area contributed by atoms with Crippen LogP contribution in [-0.4, -0.2) is 38.6 Å². The molecule has 1 aromatic carbocycles. The van der Waals surface area contributed by atoms with Crippen molar-refractivity contribution in [3.05, 3.63) is 30.3 Å². The van der Waals surface area contributed by atoms with Crippen LogP contribution in [0.5, 0.6) is 0 Å². The summed E-state index contributed by atoms with van der Waals surface area (Å²) in [5.41, 5.74) is 1.23. The van der Waals surface area contributed by atoms with Gasteiger partial charge in [0.15, 0.2) is 0 Å². The van der Waals surface area contributed by atoms with E-state index in [1.807, 2.05) is 18.2 Å². The SMILES string of the molecule is CN(CCCNCC(=O)NC1CC1)c1ccccc1. The molecule has 0 atom stereocenters. The first-order valence-electron chi connectivity index (χ1n) is 7.02. The molecule has 1 saturated carbocycles. The lowest BCUT2D eigenvalue weighted by Crippen LogP contribution is -2.36. The third-order valence-electron chi connectivity index (χ3n) is 3.27. The van der Waals surface area contributed by atoms with Gasteiger partial charge in [-0.15, -0.1) is 0 Å². The van der Waals surface area contributed by atoms with Crippen molar-refractivity contribution in [2.75, 3.05) is 31.6 Å². The minimum atomic E-state index is 0.124. The van der Waals surface area contributed by atoms with Crippen LogP contribution in [0.1, 0.15) is 19.3 Å². The summed E-state index contributed by atoms with van der Waals surface area (Å²) in [5, 5.41) is 6.15. The van der Waals surface area contributed by atoms with E-state index in [4.69, 9.17) is 0 Å². The Labute approximate surface area is 115 Å². The van der Waals surface area contributed by atoms with Crippen LogP contribution >= 0.6 is 0 Å². The van der Waals surface area contributed by atoms with Gasteiger partial charge in [0.05, 0.1) is 6.54 Å². The first-order valence-corrected chi connectivity index (χ1v) is 7.02. The molecule has 0 bridgehead atoms. The summed E-state index contributed by atoms with van der Waals surface area (Å²) in [4.78, 5) is 13.7. The van der Waals surface area contributed by atoms with E-state index in [0.29, 0.717) is 12.6 Å². The van der Waals surface area contributed by atoms with Gasteiger partial charge in [0.2, 0.25) is 5.91 Å². The van der Waals surface area contributed by atoms with Crippen molar-refractivity contribution in [3.8, 4) is 0 Å². The third-order valence-corrected chi connectivity index (χ3v) is 3.27. The molecule has 4 heteroatoms. The summed E-state index contributed by atoms with van der Waals surface area (Å²) < 4.78 is 0. The summed E-state index contributed by atoms with van der Waals surface area (Å²) in [7, 11) is 2.09. The molecule has 1 aromatic rings. The zero-order valence-corrected chi connectivity index (χ0v) is 11.6. The second-order valence-corrected chi connectivity index (χ2v) is 5.13. The van der Waals surface area contributed by atoms with Gasteiger partial charge in [-0.1, -0.05) is 18.2 Å². The third kappa shape index (κ3) is 5.30. The number of nitrogens with zero attached hydrogens (tertiary/aromatic N) is 1. The highest BCUT2D eigenvalue weighted by atomic mass is 16.2. The van der Waals surface area contributed by atoms with Crippen LogP contribution in [0, 0.1) is 0 Å². The smallest absolute Gasteiger partial charge is 0.234 e. The van der Waals surface area contributed by atoms with E-state index in [1.165, 1.54) is 5.69 Å². The van der Waals surface area contributed by atoms with Gasteiger partial charge < -0.3 is 15.5 Å². The van der Waals surface area contributed by atoms with Crippen LogP contribution in [0.25, 0.3) is 0 Å². The molecule has 0 aliphatic heterocycles. The number of amides is 1. The summed E-state index contributed by atoms with van der Waals surface area (Å²) in [6, 6.07) is 10.8. The maximum Gasteiger partial charge on any atom is 0.234 e. The molecule has 0 spiro atoms. The van der Waals surface area contributed by atoms with E-state index in [1.54, 1.807) is 0 Å². The minimum absolute atomic E-state index is 0.124. The van der Waals surface area contributed by atoms with Crippen molar-refractivity contribution in [2.24, 2.45) is 0 Å². The summed E-state index contributed by atoms with van der Waals surface area (Å²) in [6.45, 7) is 2.29. The Morgan fingerprint density at radius 3 is 2.74 bits per heavy atom. The molecule has 104 valence electrons. The molecule has 2 rings (SSSR count). The molecule has 2 N–H and O–H groups in total. The number of hydrogen-bond donors (Lipinski definition) is 2.